The highest BCUT2D eigenvalue weighted by atomic mass is 32.2. The molecule has 18 heavy (non-hydrogen) atoms. The molecule has 0 unspecified atom stereocenters. The van der Waals surface area contributed by atoms with Gasteiger partial charge in [0.2, 0.25) is 0 Å². The van der Waals surface area contributed by atoms with E-state index in [1.54, 1.807) is 12.4 Å². The Morgan fingerprint density at radius 1 is 1.17 bits per heavy atom. The Morgan fingerprint density at radius 2 is 2.06 bits per heavy atom. The summed E-state index contributed by atoms with van der Waals surface area (Å²) in [5.41, 5.74) is 7.98. The van der Waals surface area contributed by atoms with E-state index in [1.165, 1.54) is 11.8 Å². The Bertz CT molecular complexity index is 632. The van der Waals surface area contributed by atoms with Gasteiger partial charge in [-0.15, -0.1) is 0 Å². The SMILES string of the molecule is Nc1cnc(CSc2nc3ccccc3o2)cn1. The van der Waals surface area contributed by atoms with Crippen LogP contribution in [-0.2, 0) is 5.75 Å². The van der Waals surface area contributed by atoms with Crippen molar-refractivity contribution in [3.8, 4) is 0 Å². The van der Waals surface area contributed by atoms with Crippen LogP contribution < -0.4 is 5.73 Å². The Balaban J connectivity index is 1.74. The van der Waals surface area contributed by atoms with Gasteiger partial charge in [-0.2, -0.15) is 0 Å². The first-order chi connectivity index (χ1) is 8.81. The number of thioether (sulfide) groups is 1. The summed E-state index contributed by atoms with van der Waals surface area (Å²) in [4.78, 5) is 12.5. The molecule has 0 aliphatic carbocycles. The number of hydrogen-bond donors (Lipinski definition) is 1. The zero-order valence-corrected chi connectivity index (χ0v) is 10.2. The third-order valence-electron chi connectivity index (χ3n) is 2.34. The molecule has 2 N–H and O–H groups in total. The number of nitrogens with two attached hydrogens (primary N) is 1. The van der Waals surface area contributed by atoms with Gasteiger partial charge in [0, 0.05) is 5.75 Å². The lowest BCUT2D eigenvalue weighted by Gasteiger charge is -1.97. The van der Waals surface area contributed by atoms with E-state index in [4.69, 9.17) is 10.2 Å². The molecule has 5 nitrogen and oxygen atoms in total. The van der Waals surface area contributed by atoms with Gasteiger partial charge >= 0.3 is 0 Å². The van der Waals surface area contributed by atoms with Crippen LogP contribution in [0, 0.1) is 0 Å². The molecule has 0 bridgehead atoms. The van der Waals surface area contributed by atoms with E-state index in [0.717, 1.165) is 16.8 Å². The highest BCUT2D eigenvalue weighted by Crippen LogP contribution is 2.25. The third-order valence-corrected chi connectivity index (χ3v) is 3.20. The molecule has 2 aromatic heterocycles. The number of aromatic nitrogens is 3. The molecule has 0 spiro atoms. The van der Waals surface area contributed by atoms with Crippen molar-refractivity contribution in [2.24, 2.45) is 0 Å². The minimum Gasteiger partial charge on any atom is -0.431 e. The Labute approximate surface area is 107 Å². The van der Waals surface area contributed by atoms with Gasteiger partial charge in [0.05, 0.1) is 18.1 Å². The molecular weight excluding hydrogens is 248 g/mol. The number of benzene rings is 1. The predicted molar refractivity (Wildman–Crippen MR) is 70.0 cm³/mol. The Morgan fingerprint density at radius 3 is 2.83 bits per heavy atom. The van der Waals surface area contributed by atoms with Crippen molar-refractivity contribution >= 4 is 28.7 Å². The van der Waals surface area contributed by atoms with E-state index >= 15 is 0 Å². The topological polar surface area (TPSA) is 77.8 Å². The van der Waals surface area contributed by atoms with Crippen LogP contribution in [0.1, 0.15) is 5.69 Å². The van der Waals surface area contributed by atoms with Crippen molar-refractivity contribution in [3.63, 3.8) is 0 Å². The van der Waals surface area contributed by atoms with Crippen molar-refractivity contribution in [3.05, 3.63) is 42.4 Å². The van der Waals surface area contributed by atoms with Crippen LogP contribution >= 0.6 is 11.8 Å². The summed E-state index contributed by atoms with van der Waals surface area (Å²) in [6, 6.07) is 7.68. The number of nitrogen functional groups attached to an aromatic ring is 1. The lowest BCUT2D eigenvalue weighted by atomic mass is 10.3. The van der Waals surface area contributed by atoms with Gasteiger partial charge in [-0.25, -0.2) is 9.97 Å². The molecular formula is C12H10N4OS. The monoisotopic (exact) mass is 258 g/mol. The predicted octanol–water partition coefficient (Wildman–Crippen LogP) is 2.49. The molecule has 0 saturated carbocycles. The summed E-state index contributed by atoms with van der Waals surface area (Å²) in [5.74, 6) is 1.07. The van der Waals surface area contributed by atoms with Crippen LogP contribution in [0.2, 0.25) is 0 Å². The lowest BCUT2D eigenvalue weighted by molar-refractivity contribution is 0.489. The van der Waals surface area contributed by atoms with Crippen LogP contribution in [0.25, 0.3) is 11.1 Å². The molecule has 0 aliphatic rings. The van der Waals surface area contributed by atoms with Crippen LogP contribution in [-0.4, -0.2) is 15.0 Å². The standard InChI is InChI=1S/C12H10N4OS/c13-11-6-14-8(5-15-11)7-18-12-16-9-3-1-2-4-10(9)17-12/h1-6H,7H2,(H2,13,15). The Kier molecular flexibility index (Phi) is 2.85. The molecule has 0 fully saturated rings. The Hall–Kier alpha value is -2.08. The van der Waals surface area contributed by atoms with Crippen LogP contribution in [0.5, 0.6) is 0 Å². The summed E-state index contributed by atoms with van der Waals surface area (Å²) in [7, 11) is 0. The van der Waals surface area contributed by atoms with Gasteiger partial charge in [0.1, 0.15) is 11.3 Å². The average molecular weight is 258 g/mol. The van der Waals surface area contributed by atoms with Crippen molar-refractivity contribution in [1.29, 1.82) is 0 Å². The summed E-state index contributed by atoms with van der Waals surface area (Å²) in [6.45, 7) is 0. The molecule has 90 valence electrons. The minimum absolute atomic E-state index is 0.422. The van der Waals surface area contributed by atoms with E-state index < -0.39 is 0 Å². The summed E-state index contributed by atoms with van der Waals surface area (Å²) in [6.07, 6.45) is 3.20. The van der Waals surface area contributed by atoms with Gasteiger partial charge in [0.15, 0.2) is 5.58 Å². The number of fused-ring (bicyclic) bond motifs is 1. The highest BCUT2D eigenvalue weighted by molar-refractivity contribution is 7.98. The van der Waals surface area contributed by atoms with Gasteiger partial charge < -0.3 is 10.2 Å². The number of oxazole rings is 1. The maximum atomic E-state index is 5.59. The number of hydrogen-bond acceptors (Lipinski definition) is 6. The maximum absolute atomic E-state index is 5.59. The fourth-order valence-electron chi connectivity index (χ4n) is 1.49. The number of anilines is 1. The van der Waals surface area contributed by atoms with Crippen LogP contribution in [0.4, 0.5) is 5.82 Å². The smallest absolute Gasteiger partial charge is 0.257 e. The van der Waals surface area contributed by atoms with Crippen molar-refractivity contribution in [2.45, 2.75) is 11.0 Å². The minimum atomic E-state index is 0.422. The molecule has 1 aromatic carbocycles. The van der Waals surface area contributed by atoms with E-state index in [1.807, 2.05) is 24.3 Å². The first kappa shape index (κ1) is 11.0. The van der Waals surface area contributed by atoms with Gasteiger partial charge in [0.25, 0.3) is 5.22 Å². The number of nitrogens with zero attached hydrogens (tertiary/aromatic N) is 3. The van der Waals surface area contributed by atoms with Gasteiger partial charge in [-0.3, -0.25) is 4.98 Å². The van der Waals surface area contributed by atoms with Crippen LogP contribution in [0.15, 0.2) is 46.3 Å². The highest BCUT2D eigenvalue weighted by Gasteiger charge is 2.06. The first-order valence-electron chi connectivity index (χ1n) is 5.36. The second-order valence-electron chi connectivity index (χ2n) is 3.67. The largest absolute Gasteiger partial charge is 0.431 e. The van der Waals surface area contributed by atoms with Gasteiger partial charge in [-0.05, 0) is 12.1 Å². The zero-order chi connectivity index (χ0) is 12.4. The van der Waals surface area contributed by atoms with Crippen LogP contribution in [0.3, 0.4) is 0 Å². The molecule has 3 rings (SSSR count). The molecule has 2 heterocycles. The van der Waals surface area contributed by atoms with E-state index in [-0.39, 0.29) is 0 Å². The number of rotatable bonds is 3. The van der Waals surface area contributed by atoms with Crippen molar-refractivity contribution < 1.29 is 4.42 Å². The van der Waals surface area contributed by atoms with Crippen molar-refractivity contribution in [1.82, 2.24) is 15.0 Å². The lowest BCUT2D eigenvalue weighted by Crippen LogP contribution is -1.94. The van der Waals surface area contributed by atoms with E-state index in [0.29, 0.717) is 16.8 Å². The second-order valence-corrected chi connectivity index (χ2v) is 4.60. The third kappa shape index (κ3) is 2.28. The summed E-state index contributed by atoms with van der Waals surface area (Å²) >= 11 is 1.48. The summed E-state index contributed by atoms with van der Waals surface area (Å²) < 4.78 is 5.59. The summed E-state index contributed by atoms with van der Waals surface area (Å²) in [5, 5.41) is 0.634. The van der Waals surface area contributed by atoms with E-state index in [9.17, 15) is 0 Å². The van der Waals surface area contributed by atoms with Crippen molar-refractivity contribution in [2.75, 3.05) is 5.73 Å². The quantitative estimate of drug-likeness (QED) is 0.727. The fourth-order valence-corrected chi connectivity index (χ4v) is 2.22. The normalized spacial score (nSPS) is 10.9. The van der Waals surface area contributed by atoms with E-state index in [2.05, 4.69) is 15.0 Å². The second kappa shape index (κ2) is 4.66. The zero-order valence-electron chi connectivity index (χ0n) is 9.41. The molecule has 6 heteroatoms. The molecule has 0 aliphatic heterocycles. The molecule has 0 saturated heterocycles. The molecule has 0 atom stereocenters. The van der Waals surface area contributed by atoms with Gasteiger partial charge in [-0.1, -0.05) is 23.9 Å². The maximum Gasteiger partial charge on any atom is 0.257 e. The molecule has 3 aromatic rings. The molecule has 0 amide bonds. The fraction of sp³-hybridized carbons (Fsp3) is 0.0833. The molecule has 0 radical (unpaired) electrons. The number of para-hydroxylation sites is 2. The average Bonchev–Trinajstić information content (AvgIpc) is 2.81. The first-order valence-corrected chi connectivity index (χ1v) is 6.34.